The van der Waals surface area contributed by atoms with Crippen LogP contribution in [0, 0.1) is 0 Å². The van der Waals surface area contributed by atoms with Gasteiger partial charge < -0.3 is 5.32 Å². The van der Waals surface area contributed by atoms with Gasteiger partial charge in [-0.2, -0.15) is 5.10 Å². The van der Waals surface area contributed by atoms with E-state index in [-0.39, 0.29) is 0 Å². The van der Waals surface area contributed by atoms with Crippen LogP contribution in [0.1, 0.15) is 38.2 Å². The number of nitrogens with one attached hydrogen (secondary N) is 1. The maximum atomic E-state index is 6.08. The largest absolute Gasteiger partial charge is 0.310 e. The molecule has 0 amide bonds. The van der Waals surface area contributed by atoms with Gasteiger partial charge in [0.2, 0.25) is 0 Å². The minimum atomic E-state index is 0.404. The van der Waals surface area contributed by atoms with Crippen molar-refractivity contribution in [2.45, 2.75) is 57.1 Å². The van der Waals surface area contributed by atoms with Crippen molar-refractivity contribution in [1.29, 1.82) is 0 Å². The van der Waals surface area contributed by atoms with Gasteiger partial charge in [-0.15, -0.1) is 11.6 Å². The minimum Gasteiger partial charge on any atom is -0.310 e. The monoisotopic (exact) mass is 241 g/mol. The quantitative estimate of drug-likeness (QED) is 0.822. The van der Waals surface area contributed by atoms with Gasteiger partial charge in [-0.1, -0.05) is 0 Å². The number of rotatable bonds is 4. The van der Waals surface area contributed by atoms with Gasteiger partial charge in [0.15, 0.2) is 0 Å². The lowest BCUT2D eigenvalue weighted by Crippen LogP contribution is -2.32. The molecule has 0 atom stereocenters. The maximum absolute atomic E-state index is 6.08. The molecular weight excluding hydrogens is 222 g/mol. The van der Waals surface area contributed by atoms with Crippen LogP contribution in [0.15, 0.2) is 12.4 Å². The summed E-state index contributed by atoms with van der Waals surface area (Å²) in [5.74, 6) is 0. The van der Waals surface area contributed by atoms with Crippen molar-refractivity contribution in [2.24, 2.45) is 0 Å². The van der Waals surface area contributed by atoms with Gasteiger partial charge >= 0.3 is 0 Å². The molecule has 1 aromatic rings. The third-order valence-corrected chi connectivity index (χ3v) is 3.70. The molecule has 1 aromatic heterocycles. The Morgan fingerprint density at radius 2 is 2.19 bits per heavy atom. The van der Waals surface area contributed by atoms with Crippen molar-refractivity contribution in [3.05, 3.63) is 18.0 Å². The van der Waals surface area contributed by atoms with Crippen LogP contribution < -0.4 is 5.32 Å². The van der Waals surface area contributed by atoms with E-state index >= 15 is 0 Å². The van der Waals surface area contributed by atoms with E-state index < -0.39 is 0 Å². The Balaban J connectivity index is 1.74. The molecule has 0 spiro atoms. The molecule has 90 valence electrons. The van der Waals surface area contributed by atoms with Crippen molar-refractivity contribution in [3.8, 4) is 0 Å². The first-order valence-corrected chi connectivity index (χ1v) is 6.60. The number of hydrogen-bond donors (Lipinski definition) is 1. The van der Waals surface area contributed by atoms with E-state index in [4.69, 9.17) is 11.6 Å². The summed E-state index contributed by atoms with van der Waals surface area (Å²) in [5, 5.41) is 8.25. The highest BCUT2D eigenvalue weighted by Crippen LogP contribution is 2.22. The first kappa shape index (κ1) is 11.9. The second-order valence-electron chi connectivity index (χ2n) is 4.53. The maximum Gasteiger partial charge on any atom is 0.0534 e. The van der Waals surface area contributed by atoms with Gasteiger partial charge in [-0.25, -0.2) is 0 Å². The zero-order valence-electron chi connectivity index (χ0n) is 9.82. The Kier molecular flexibility index (Phi) is 4.24. The Morgan fingerprint density at radius 3 is 2.81 bits per heavy atom. The third-order valence-electron chi connectivity index (χ3n) is 3.26. The molecule has 1 saturated carbocycles. The fourth-order valence-corrected chi connectivity index (χ4v) is 2.44. The lowest BCUT2D eigenvalue weighted by Gasteiger charge is -2.25. The molecular formula is C12H20ClN3. The molecule has 1 N–H and O–H groups in total. The highest BCUT2D eigenvalue weighted by molar-refractivity contribution is 6.20. The summed E-state index contributed by atoms with van der Waals surface area (Å²) in [6, 6.07) is 0.639. The Bertz CT molecular complexity index is 316. The summed E-state index contributed by atoms with van der Waals surface area (Å²) >= 11 is 6.08. The summed E-state index contributed by atoms with van der Waals surface area (Å²) in [7, 11) is 0. The molecule has 3 nitrogen and oxygen atoms in total. The summed E-state index contributed by atoms with van der Waals surface area (Å²) < 4.78 is 1.96. The molecule has 0 bridgehead atoms. The molecule has 0 radical (unpaired) electrons. The first-order chi connectivity index (χ1) is 7.78. The van der Waals surface area contributed by atoms with E-state index in [1.54, 1.807) is 0 Å². The molecule has 4 heteroatoms. The predicted octanol–water partition coefficient (Wildman–Crippen LogP) is 2.54. The molecule has 0 aromatic carbocycles. The van der Waals surface area contributed by atoms with Crippen LogP contribution in [0.3, 0.4) is 0 Å². The second kappa shape index (κ2) is 5.69. The van der Waals surface area contributed by atoms with Gasteiger partial charge in [-0.05, 0) is 32.6 Å². The van der Waals surface area contributed by atoms with E-state index in [1.165, 1.54) is 18.4 Å². The third kappa shape index (κ3) is 3.22. The zero-order chi connectivity index (χ0) is 11.4. The van der Waals surface area contributed by atoms with E-state index in [9.17, 15) is 0 Å². The summed E-state index contributed by atoms with van der Waals surface area (Å²) in [4.78, 5) is 0. The average Bonchev–Trinajstić information content (AvgIpc) is 2.76. The molecule has 0 saturated heterocycles. The van der Waals surface area contributed by atoms with Gasteiger partial charge in [0, 0.05) is 36.3 Å². The number of nitrogens with zero attached hydrogens (tertiary/aromatic N) is 2. The van der Waals surface area contributed by atoms with Crippen LogP contribution in [-0.4, -0.2) is 21.2 Å². The number of hydrogen-bond acceptors (Lipinski definition) is 2. The Morgan fingerprint density at radius 1 is 1.44 bits per heavy atom. The van der Waals surface area contributed by atoms with Crippen LogP contribution in [-0.2, 0) is 13.1 Å². The van der Waals surface area contributed by atoms with Crippen LogP contribution in [0.2, 0.25) is 0 Å². The lowest BCUT2D eigenvalue weighted by molar-refractivity contribution is 0.376. The molecule has 16 heavy (non-hydrogen) atoms. The van der Waals surface area contributed by atoms with Crippen LogP contribution in [0.25, 0.3) is 0 Å². The lowest BCUT2D eigenvalue weighted by atomic mass is 9.95. The standard InChI is InChI=1S/C12H20ClN3/c1-2-16-9-10(8-15-16)7-14-12-5-3-11(13)4-6-12/h8-9,11-12,14H,2-7H2,1H3. The minimum absolute atomic E-state index is 0.404. The SMILES string of the molecule is CCn1cc(CNC2CCC(Cl)CC2)cn1. The summed E-state index contributed by atoms with van der Waals surface area (Å²) in [5.41, 5.74) is 1.27. The normalized spacial score (nSPS) is 25.9. The van der Waals surface area contributed by atoms with E-state index in [0.717, 1.165) is 25.9 Å². The second-order valence-corrected chi connectivity index (χ2v) is 5.15. The fraction of sp³-hybridized carbons (Fsp3) is 0.750. The number of aromatic nitrogens is 2. The highest BCUT2D eigenvalue weighted by atomic mass is 35.5. The van der Waals surface area contributed by atoms with Gasteiger partial charge in [0.25, 0.3) is 0 Å². The van der Waals surface area contributed by atoms with Gasteiger partial charge in [0.05, 0.1) is 6.20 Å². The zero-order valence-corrected chi connectivity index (χ0v) is 10.6. The van der Waals surface area contributed by atoms with Crippen molar-refractivity contribution < 1.29 is 0 Å². The molecule has 0 unspecified atom stereocenters. The predicted molar refractivity (Wildman–Crippen MR) is 66.6 cm³/mol. The molecule has 2 rings (SSSR count). The molecule has 1 aliphatic carbocycles. The van der Waals surface area contributed by atoms with Crippen molar-refractivity contribution in [2.75, 3.05) is 0 Å². The highest BCUT2D eigenvalue weighted by Gasteiger charge is 2.18. The Hall–Kier alpha value is -0.540. The molecule has 1 aliphatic rings. The molecule has 1 heterocycles. The number of halogens is 1. The van der Waals surface area contributed by atoms with Crippen molar-refractivity contribution in [3.63, 3.8) is 0 Å². The van der Waals surface area contributed by atoms with Gasteiger partial charge in [0.1, 0.15) is 0 Å². The smallest absolute Gasteiger partial charge is 0.0534 e. The van der Waals surface area contributed by atoms with Crippen molar-refractivity contribution in [1.82, 2.24) is 15.1 Å². The van der Waals surface area contributed by atoms with Crippen LogP contribution in [0.5, 0.6) is 0 Å². The Labute approximate surface area is 102 Å². The fourth-order valence-electron chi connectivity index (χ4n) is 2.19. The number of alkyl halides is 1. The topological polar surface area (TPSA) is 29.9 Å². The van der Waals surface area contributed by atoms with Gasteiger partial charge in [-0.3, -0.25) is 4.68 Å². The average molecular weight is 242 g/mol. The summed E-state index contributed by atoms with van der Waals surface area (Å²) in [6.45, 7) is 3.97. The van der Waals surface area contributed by atoms with E-state index in [2.05, 4.69) is 23.5 Å². The molecule has 0 aliphatic heterocycles. The van der Waals surface area contributed by atoms with E-state index in [0.29, 0.717) is 11.4 Å². The van der Waals surface area contributed by atoms with Crippen LogP contribution in [0.4, 0.5) is 0 Å². The van der Waals surface area contributed by atoms with E-state index in [1.807, 2.05) is 10.9 Å². The first-order valence-electron chi connectivity index (χ1n) is 6.16. The molecule has 1 fully saturated rings. The summed E-state index contributed by atoms with van der Waals surface area (Å²) in [6.07, 6.45) is 8.76. The van der Waals surface area contributed by atoms with Crippen molar-refractivity contribution >= 4 is 11.6 Å². The number of aryl methyl sites for hydroxylation is 1. The van der Waals surface area contributed by atoms with Crippen LogP contribution >= 0.6 is 11.6 Å².